The maximum Gasteiger partial charge on any atom is 0.251 e. The lowest BCUT2D eigenvalue weighted by molar-refractivity contribution is 0.0950. The van der Waals surface area contributed by atoms with Crippen LogP contribution >= 0.6 is 11.6 Å². The van der Waals surface area contributed by atoms with Crippen LogP contribution in [0.15, 0.2) is 36.5 Å². The van der Waals surface area contributed by atoms with E-state index in [9.17, 15) is 4.79 Å². The Hall–Kier alpha value is -1.81. The molecule has 0 saturated carbocycles. The van der Waals surface area contributed by atoms with Gasteiger partial charge in [-0.05, 0) is 23.8 Å². The average Bonchev–Trinajstić information content (AvgIpc) is 2.89. The van der Waals surface area contributed by atoms with Crippen LogP contribution in [0.3, 0.4) is 0 Å². The van der Waals surface area contributed by atoms with E-state index in [1.165, 1.54) is 0 Å². The lowest BCUT2D eigenvalue weighted by Crippen LogP contribution is -2.23. The number of amides is 1. The predicted molar refractivity (Wildman–Crippen MR) is 65.8 cm³/mol. The Balaban J connectivity index is 1.99. The Bertz CT molecular complexity index is 496. The summed E-state index contributed by atoms with van der Waals surface area (Å²) in [4.78, 5) is 11.8. The van der Waals surface area contributed by atoms with Gasteiger partial charge in [-0.25, -0.2) is 0 Å². The minimum Gasteiger partial charge on any atom is -0.346 e. The first-order valence-corrected chi connectivity index (χ1v) is 5.74. The molecular formula is C12H12ClN3O. The highest BCUT2D eigenvalue weighted by Gasteiger charge is 2.05. The zero-order chi connectivity index (χ0) is 12.1. The third-order valence-electron chi connectivity index (χ3n) is 2.34. The van der Waals surface area contributed by atoms with Gasteiger partial charge in [0.15, 0.2) is 0 Å². The van der Waals surface area contributed by atoms with E-state index in [-0.39, 0.29) is 5.91 Å². The van der Waals surface area contributed by atoms with E-state index < -0.39 is 0 Å². The molecule has 2 rings (SSSR count). The first kappa shape index (κ1) is 11.7. The largest absolute Gasteiger partial charge is 0.346 e. The highest BCUT2D eigenvalue weighted by Crippen LogP contribution is 2.07. The van der Waals surface area contributed by atoms with Gasteiger partial charge in [0.1, 0.15) is 0 Å². The van der Waals surface area contributed by atoms with Crippen LogP contribution in [-0.4, -0.2) is 16.1 Å². The Morgan fingerprint density at radius 1 is 1.41 bits per heavy atom. The lowest BCUT2D eigenvalue weighted by atomic mass is 10.1. The number of hydrogen-bond acceptors (Lipinski definition) is 2. The Morgan fingerprint density at radius 2 is 2.29 bits per heavy atom. The Morgan fingerprint density at radius 3 is 3.00 bits per heavy atom. The van der Waals surface area contributed by atoms with Gasteiger partial charge < -0.3 is 5.32 Å². The normalized spacial score (nSPS) is 10.2. The molecule has 1 amide bonds. The SMILES string of the molecule is O=C(NCc1ccn[nH]1)c1cccc(CCl)c1. The zero-order valence-electron chi connectivity index (χ0n) is 9.11. The number of halogens is 1. The quantitative estimate of drug-likeness (QED) is 0.815. The zero-order valence-corrected chi connectivity index (χ0v) is 9.87. The fraction of sp³-hybridized carbons (Fsp3) is 0.167. The molecule has 0 bridgehead atoms. The summed E-state index contributed by atoms with van der Waals surface area (Å²) < 4.78 is 0. The van der Waals surface area contributed by atoms with Gasteiger partial charge in [0.05, 0.1) is 12.2 Å². The molecule has 2 aromatic rings. The number of rotatable bonds is 4. The molecular weight excluding hydrogens is 238 g/mol. The Labute approximate surface area is 104 Å². The van der Waals surface area contributed by atoms with Gasteiger partial charge in [-0.1, -0.05) is 12.1 Å². The molecule has 88 valence electrons. The molecule has 0 aliphatic rings. The molecule has 17 heavy (non-hydrogen) atoms. The number of carbonyl (C=O) groups is 1. The minimum absolute atomic E-state index is 0.119. The summed E-state index contributed by atoms with van der Waals surface area (Å²) in [5, 5.41) is 9.39. The van der Waals surface area contributed by atoms with E-state index in [4.69, 9.17) is 11.6 Å². The second-order valence-corrected chi connectivity index (χ2v) is 3.87. The fourth-order valence-electron chi connectivity index (χ4n) is 1.46. The fourth-order valence-corrected chi connectivity index (χ4v) is 1.62. The molecule has 0 saturated heterocycles. The summed E-state index contributed by atoms with van der Waals surface area (Å²) in [5.74, 6) is 0.286. The third-order valence-corrected chi connectivity index (χ3v) is 2.65. The summed E-state index contributed by atoms with van der Waals surface area (Å²) in [6.45, 7) is 0.434. The standard InChI is InChI=1S/C12H12ClN3O/c13-7-9-2-1-3-10(6-9)12(17)14-8-11-4-5-15-16-11/h1-6H,7-8H2,(H,14,17)(H,15,16). The molecule has 1 aromatic carbocycles. The number of nitrogens with one attached hydrogen (secondary N) is 2. The summed E-state index contributed by atoms with van der Waals surface area (Å²) in [7, 11) is 0. The van der Waals surface area contributed by atoms with Gasteiger partial charge in [0.2, 0.25) is 0 Å². The number of H-pyrrole nitrogens is 1. The maximum absolute atomic E-state index is 11.8. The highest BCUT2D eigenvalue weighted by molar-refractivity contribution is 6.17. The van der Waals surface area contributed by atoms with Gasteiger partial charge in [-0.15, -0.1) is 11.6 Å². The highest BCUT2D eigenvalue weighted by atomic mass is 35.5. The van der Waals surface area contributed by atoms with Crippen LogP contribution < -0.4 is 5.32 Å². The van der Waals surface area contributed by atoms with Crippen molar-refractivity contribution in [2.75, 3.05) is 0 Å². The van der Waals surface area contributed by atoms with Gasteiger partial charge in [-0.2, -0.15) is 5.10 Å². The van der Waals surface area contributed by atoms with Crippen molar-refractivity contribution in [2.45, 2.75) is 12.4 Å². The van der Waals surface area contributed by atoms with Crippen molar-refractivity contribution in [1.82, 2.24) is 15.5 Å². The molecule has 1 aromatic heterocycles. The number of hydrogen-bond donors (Lipinski definition) is 2. The number of alkyl halides is 1. The molecule has 0 unspecified atom stereocenters. The van der Waals surface area contributed by atoms with Gasteiger partial charge in [0.25, 0.3) is 5.91 Å². The van der Waals surface area contributed by atoms with Crippen molar-refractivity contribution >= 4 is 17.5 Å². The van der Waals surface area contributed by atoms with E-state index in [1.807, 2.05) is 18.2 Å². The molecule has 0 fully saturated rings. The van der Waals surface area contributed by atoms with Gasteiger partial charge >= 0.3 is 0 Å². The van der Waals surface area contributed by atoms with Crippen molar-refractivity contribution in [3.05, 3.63) is 53.3 Å². The number of aromatic nitrogens is 2. The molecule has 0 aliphatic heterocycles. The van der Waals surface area contributed by atoms with Crippen molar-refractivity contribution in [1.29, 1.82) is 0 Å². The first-order valence-electron chi connectivity index (χ1n) is 5.21. The van der Waals surface area contributed by atoms with Crippen molar-refractivity contribution in [2.24, 2.45) is 0 Å². The monoisotopic (exact) mass is 249 g/mol. The predicted octanol–water partition coefficient (Wildman–Crippen LogP) is 2.08. The maximum atomic E-state index is 11.8. The van der Waals surface area contributed by atoms with E-state index in [1.54, 1.807) is 18.3 Å². The van der Waals surface area contributed by atoms with E-state index >= 15 is 0 Å². The summed E-state index contributed by atoms with van der Waals surface area (Å²) >= 11 is 5.72. The molecule has 0 atom stereocenters. The molecule has 2 N–H and O–H groups in total. The number of aromatic amines is 1. The smallest absolute Gasteiger partial charge is 0.251 e. The van der Waals surface area contributed by atoms with Crippen LogP contribution in [0, 0.1) is 0 Å². The summed E-state index contributed by atoms with van der Waals surface area (Å²) in [6, 6.07) is 9.07. The molecule has 0 spiro atoms. The molecule has 5 heteroatoms. The molecule has 4 nitrogen and oxygen atoms in total. The van der Waals surface area contributed by atoms with Gasteiger partial charge in [0, 0.05) is 17.6 Å². The summed E-state index contributed by atoms with van der Waals surface area (Å²) in [5.41, 5.74) is 2.41. The average molecular weight is 250 g/mol. The van der Waals surface area contributed by atoms with Crippen LogP contribution in [0.4, 0.5) is 0 Å². The van der Waals surface area contributed by atoms with Crippen molar-refractivity contribution < 1.29 is 4.79 Å². The van der Waals surface area contributed by atoms with Crippen LogP contribution in [0.25, 0.3) is 0 Å². The van der Waals surface area contributed by atoms with Gasteiger partial charge in [-0.3, -0.25) is 9.89 Å². The van der Waals surface area contributed by atoms with E-state index in [2.05, 4.69) is 15.5 Å². The minimum atomic E-state index is -0.119. The number of benzene rings is 1. The van der Waals surface area contributed by atoms with E-state index in [0.717, 1.165) is 11.3 Å². The first-order chi connectivity index (χ1) is 8.29. The number of carbonyl (C=O) groups excluding carboxylic acids is 1. The molecule has 0 radical (unpaired) electrons. The van der Waals surface area contributed by atoms with E-state index in [0.29, 0.717) is 18.0 Å². The summed E-state index contributed by atoms with van der Waals surface area (Å²) in [6.07, 6.45) is 1.65. The number of nitrogens with zero attached hydrogens (tertiary/aromatic N) is 1. The van der Waals surface area contributed by atoms with Crippen LogP contribution in [0.5, 0.6) is 0 Å². The van der Waals surface area contributed by atoms with Crippen molar-refractivity contribution in [3.8, 4) is 0 Å². The topological polar surface area (TPSA) is 57.8 Å². The van der Waals surface area contributed by atoms with Crippen LogP contribution in [-0.2, 0) is 12.4 Å². The molecule has 0 aliphatic carbocycles. The van der Waals surface area contributed by atoms with Crippen LogP contribution in [0.2, 0.25) is 0 Å². The lowest BCUT2D eigenvalue weighted by Gasteiger charge is -2.04. The van der Waals surface area contributed by atoms with Crippen LogP contribution in [0.1, 0.15) is 21.6 Å². The second-order valence-electron chi connectivity index (χ2n) is 3.60. The molecule has 1 heterocycles. The Kier molecular flexibility index (Phi) is 3.77. The second kappa shape index (κ2) is 5.50. The third kappa shape index (κ3) is 3.07. The van der Waals surface area contributed by atoms with Crippen molar-refractivity contribution in [3.63, 3.8) is 0 Å².